The molecule has 0 spiro atoms. The van der Waals surface area contributed by atoms with Crippen LogP contribution in [0, 0.1) is 6.92 Å². The number of aryl methyl sites for hydroxylation is 1. The van der Waals surface area contributed by atoms with Gasteiger partial charge in [0.05, 0.1) is 5.02 Å². The second-order valence-corrected chi connectivity index (χ2v) is 4.11. The van der Waals surface area contributed by atoms with E-state index in [1.54, 1.807) is 0 Å². The van der Waals surface area contributed by atoms with Crippen LogP contribution >= 0.6 is 11.6 Å². The summed E-state index contributed by atoms with van der Waals surface area (Å²) in [6.07, 6.45) is 2.08. The van der Waals surface area contributed by atoms with E-state index in [1.807, 2.05) is 25.1 Å². The molecule has 0 radical (unpaired) electrons. The summed E-state index contributed by atoms with van der Waals surface area (Å²) in [5, 5.41) is 0.648. The molecule has 0 saturated heterocycles. The van der Waals surface area contributed by atoms with E-state index in [0.29, 0.717) is 11.6 Å². The van der Waals surface area contributed by atoms with Gasteiger partial charge < -0.3 is 10.5 Å². The minimum Gasteiger partial charge on any atom is -0.488 e. The minimum atomic E-state index is 0.0642. The van der Waals surface area contributed by atoms with Crippen molar-refractivity contribution >= 4 is 11.6 Å². The maximum atomic E-state index is 6.03. The zero-order valence-corrected chi connectivity index (χ0v) is 10.1. The van der Waals surface area contributed by atoms with Gasteiger partial charge in [0.1, 0.15) is 11.9 Å². The van der Waals surface area contributed by atoms with E-state index in [9.17, 15) is 0 Å². The number of hydrogen-bond acceptors (Lipinski definition) is 2. The van der Waals surface area contributed by atoms with E-state index in [-0.39, 0.29) is 6.10 Å². The van der Waals surface area contributed by atoms with Crippen molar-refractivity contribution in [1.29, 1.82) is 0 Å². The average molecular weight is 228 g/mol. The van der Waals surface area contributed by atoms with Gasteiger partial charge in [0.2, 0.25) is 0 Å². The van der Waals surface area contributed by atoms with Gasteiger partial charge in [-0.3, -0.25) is 0 Å². The summed E-state index contributed by atoms with van der Waals surface area (Å²) in [4.78, 5) is 0. The summed E-state index contributed by atoms with van der Waals surface area (Å²) in [5.41, 5.74) is 6.77. The molecule has 1 aromatic rings. The molecule has 1 aromatic carbocycles. The lowest BCUT2D eigenvalue weighted by molar-refractivity contribution is 0.198. The third-order valence-electron chi connectivity index (χ3n) is 2.25. The third-order valence-corrected chi connectivity index (χ3v) is 2.57. The molecule has 0 aliphatic rings. The lowest BCUT2D eigenvalue weighted by atomic mass is 10.2. The Bertz CT molecular complexity index is 314. The van der Waals surface area contributed by atoms with Gasteiger partial charge in [-0.05, 0) is 31.0 Å². The number of ether oxygens (including phenoxy) is 1. The molecular formula is C12H18ClNO. The van der Waals surface area contributed by atoms with Gasteiger partial charge in [-0.15, -0.1) is 0 Å². The first kappa shape index (κ1) is 12.3. The monoisotopic (exact) mass is 227 g/mol. The molecule has 0 amide bonds. The maximum Gasteiger partial charge on any atom is 0.138 e. The first-order valence-electron chi connectivity index (χ1n) is 5.30. The molecule has 0 aliphatic carbocycles. The molecule has 15 heavy (non-hydrogen) atoms. The third kappa shape index (κ3) is 3.73. The van der Waals surface area contributed by atoms with Crippen LogP contribution in [0.25, 0.3) is 0 Å². The Morgan fingerprint density at radius 1 is 1.47 bits per heavy atom. The van der Waals surface area contributed by atoms with Crippen LogP contribution in [0.4, 0.5) is 0 Å². The number of halogens is 1. The summed E-state index contributed by atoms with van der Waals surface area (Å²) >= 11 is 6.03. The Kier molecular flexibility index (Phi) is 4.92. The van der Waals surface area contributed by atoms with Crippen LogP contribution in [0.5, 0.6) is 5.75 Å². The predicted molar refractivity (Wildman–Crippen MR) is 64.6 cm³/mol. The van der Waals surface area contributed by atoms with Crippen LogP contribution in [0.2, 0.25) is 5.02 Å². The number of benzene rings is 1. The molecule has 0 heterocycles. The molecule has 2 nitrogen and oxygen atoms in total. The molecule has 0 aromatic heterocycles. The SMILES string of the molecule is CCCC(CN)Oc1cc(C)ccc1Cl. The fourth-order valence-corrected chi connectivity index (χ4v) is 1.59. The van der Waals surface area contributed by atoms with E-state index in [1.165, 1.54) is 0 Å². The first-order chi connectivity index (χ1) is 7.17. The van der Waals surface area contributed by atoms with E-state index in [2.05, 4.69) is 6.92 Å². The molecule has 0 bridgehead atoms. The first-order valence-corrected chi connectivity index (χ1v) is 5.68. The maximum absolute atomic E-state index is 6.03. The smallest absolute Gasteiger partial charge is 0.138 e. The Morgan fingerprint density at radius 2 is 2.20 bits per heavy atom. The van der Waals surface area contributed by atoms with Crippen molar-refractivity contribution < 1.29 is 4.74 Å². The number of hydrogen-bond donors (Lipinski definition) is 1. The van der Waals surface area contributed by atoms with Crippen molar-refractivity contribution in [2.75, 3.05) is 6.54 Å². The van der Waals surface area contributed by atoms with Crippen LogP contribution < -0.4 is 10.5 Å². The van der Waals surface area contributed by atoms with Crippen LogP contribution in [-0.4, -0.2) is 12.6 Å². The van der Waals surface area contributed by atoms with Gasteiger partial charge in [0.25, 0.3) is 0 Å². The van der Waals surface area contributed by atoms with Crippen molar-refractivity contribution in [2.45, 2.75) is 32.8 Å². The van der Waals surface area contributed by atoms with E-state index >= 15 is 0 Å². The highest BCUT2D eigenvalue weighted by Gasteiger charge is 2.09. The van der Waals surface area contributed by atoms with Crippen molar-refractivity contribution in [3.05, 3.63) is 28.8 Å². The fourth-order valence-electron chi connectivity index (χ4n) is 1.43. The Morgan fingerprint density at radius 3 is 2.80 bits per heavy atom. The summed E-state index contributed by atoms with van der Waals surface area (Å²) in [7, 11) is 0. The zero-order chi connectivity index (χ0) is 11.3. The van der Waals surface area contributed by atoms with Crippen molar-refractivity contribution in [1.82, 2.24) is 0 Å². The minimum absolute atomic E-state index is 0.0642. The van der Waals surface area contributed by atoms with Crippen LogP contribution in [0.15, 0.2) is 18.2 Å². The Hall–Kier alpha value is -0.730. The lowest BCUT2D eigenvalue weighted by Gasteiger charge is -2.17. The van der Waals surface area contributed by atoms with Gasteiger partial charge in [-0.1, -0.05) is 31.0 Å². The molecule has 3 heteroatoms. The molecule has 0 saturated carbocycles. The van der Waals surface area contributed by atoms with Crippen molar-refractivity contribution in [3.8, 4) is 5.75 Å². The highest BCUT2D eigenvalue weighted by molar-refractivity contribution is 6.32. The standard InChI is InChI=1S/C12H18ClNO/c1-3-4-10(8-14)15-12-7-9(2)5-6-11(12)13/h5-7,10H,3-4,8,14H2,1-2H3. The molecule has 0 aliphatic heterocycles. The number of rotatable bonds is 5. The zero-order valence-electron chi connectivity index (χ0n) is 9.29. The summed E-state index contributed by atoms with van der Waals surface area (Å²) in [6, 6.07) is 5.76. The molecule has 2 N–H and O–H groups in total. The van der Waals surface area contributed by atoms with Gasteiger partial charge in [0, 0.05) is 6.54 Å². The summed E-state index contributed by atoms with van der Waals surface area (Å²) in [5.74, 6) is 0.737. The normalized spacial score (nSPS) is 12.5. The molecule has 84 valence electrons. The van der Waals surface area contributed by atoms with Crippen molar-refractivity contribution in [2.24, 2.45) is 5.73 Å². The molecule has 0 fully saturated rings. The molecule has 1 rings (SSSR count). The van der Waals surface area contributed by atoms with Crippen molar-refractivity contribution in [3.63, 3.8) is 0 Å². The largest absolute Gasteiger partial charge is 0.488 e. The number of nitrogens with two attached hydrogens (primary N) is 1. The molecular weight excluding hydrogens is 210 g/mol. The lowest BCUT2D eigenvalue weighted by Crippen LogP contribution is -2.26. The summed E-state index contributed by atoms with van der Waals surface area (Å²) < 4.78 is 5.76. The van der Waals surface area contributed by atoms with E-state index < -0.39 is 0 Å². The molecule has 1 unspecified atom stereocenters. The highest BCUT2D eigenvalue weighted by Crippen LogP contribution is 2.26. The van der Waals surface area contributed by atoms with E-state index in [4.69, 9.17) is 22.1 Å². The summed E-state index contributed by atoms with van der Waals surface area (Å²) in [6.45, 7) is 4.66. The van der Waals surface area contributed by atoms with Gasteiger partial charge in [-0.2, -0.15) is 0 Å². The van der Waals surface area contributed by atoms with Crippen LogP contribution in [-0.2, 0) is 0 Å². The topological polar surface area (TPSA) is 35.2 Å². The molecule has 1 atom stereocenters. The average Bonchev–Trinajstić information content (AvgIpc) is 2.22. The van der Waals surface area contributed by atoms with Gasteiger partial charge in [-0.25, -0.2) is 0 Å². The van der Waals surface area contributed by atoms with Gasteiger partial charge >= 0.3 is 0 Å². The van der Waals surface area contributed by atoms with Gasteiger partial charge in [0.15, 0.2) is 0 Å². The second-order valence-electron chi connectivity index (χ2n) is 3.70. The quantitative estimate of drug-likeness (QED) is 0.839. The second kappa shape index (κ2) is 5.99. The fraction of sp³-hybridized carbons (Fsp3) is 0.500. The van der Waals surface area contributed by atoms with Crippen LogP contribution in [0.1, 0.15) is 25.3 Å². The predicted octanol–water partition coefficient (Wildman–Crippen LogP) is 3.15. The highest BCUT2D eigenvalue weighted by atomic mass is 35.5. The van der Waals surface area contributed by atoms with Crippen LogP contribution in [0.3, 0.4) is 0 Å². The Balaban J connectivity index is 2.73. The van der Waals surface area contributed by atoms with E-state index in [0.717, 1.165) is 24.2 Å². The Labute approximate surface area is 96.4 Å².